The van der Waals surface area contributed by atoms with Gasteiger partial charge in [0.25, 0.3) is 5.91 Å². The number of thiazole rings is 1. The fraction of sp³-hybridized carbons (Fsp3) is 0.136. The maximum absolute atomic E-state index is 13.9. The second-order valence-electron chi connectivity index (χ2n) is 6.81. The van der Waals surface area contributed by atoms with Gasteiger partial charge in [0, 0.05) is 41.1 Å². The zero-order valence-electron chi connectivity index (χ0n) is 16.3. The van der Waals surface area contributed by atoms with E-state index in [2.05, 4.69) is 15.3 Å². The molecule has 0 spiro atoms. The molecule has 0 bridgehead atoms. The predicted molar refractivity (Wildman–Crippen MR) is 112 cm³/mol. The summed E-state index contributed by atoms with van der Waals surface area (Å²) in [7, 11) is 0. The Morgan fingerprint density at radius 2 is 1.97 bits per heavy atom. The third kappa shape index (κ3) is 3.99. The first-order chi connectivity index (χ1) is 14.4. The molecule has 30 heavy (non-hydrogen) atoms. The van der Waals surface area contributed by atoms with E-state index in [0.717, 1.165) is 28.1 Å². The average Bonchev–Trinajstić information content (AvgIpc) is 3.28. The summed E-state index contributed by atoms with van der Waals surface area (Å²) in [6, 6.07) is 10.9. The Morgan fingerprint density at radius 3 is 2.70 bits per heavy atom. The fourth-order valence-electron chi connectivity index (χ4n) is 3.30. The maximum atomic E-state index is 13.9. The first-order valence-electron chi connectivity index (χ1n) is 9.22. The van der Waals surface area contributed by atoms with Gasteiger partial charge < -0.3 is 4.57 Å². The van der Waals surface area contributed by atoms with Gasteiger partial charge in [0.1, 0.15) is 17.5 Å². The first kappa shape index (κ1) is 19.9. The van der Waals surface area contributed by atoms with E-state index in [1.54, 1.807) is 12.4 Å². The highest BCUT2D eigenvalue weighted by molar-refractivity contribution is 7.15. The number of nitrogens with one attached hydrogen (secondary N) is 1. The number of halogens is 2. The number of hydrogen-bond acceptors (Lipinski definition) is 4. The summed E-state index contributed by atoms with van der Waals surface area (Å²) in [4.78, 5) is 22.1. The smallest absolute Gasteiger partial charge is 0.259 e. The summed E-state index contributed by atoms with van der Waals surface area (Å²) in [6.07, 6.45) is 3.56. The molecule has 5 nitrogen and oxygen atoms in total. The van der Waals surface area contributed by atoms with Crippen molar-refractivity contribution in [3.63, 3.8) is 0 Å². The minimum atomic E-state index is -0.614. The lowest BCUT2D eigenvalue weighted by Crippen LogP contribution is -2.13. The van der Waals surface area contributed by atoms with Crippen LogP contribution in [0.2, 0.25) is 0 Å². The van der Waals surface area contributed by atoms with E-state index in [1.165, 1.54) is 23.5 Å². The van der Waals surface area contributed by atoms with Crippen molar-refractivity contribution in [1.82, 2.24) is 14.5 Å². The summed E-state index contributed by atoms with van der Waals surface area (Å²) in [5, 5.41) is 3.22. The van der Waals surface area contributed by atoms with Crippen molar-refractivity contribution in [2.24, 2.45) is 0 Å². The Balaban J connectivity index is 1.51. The first-order valence-corrected chi connectivity index (χ1v) is 10.0. The van der Waals surface area contributed by atoms with Gasteiger partial charge in [-0.2, -0.15) is 0 Å². The van der Waals surface area contributed by atoms with Crippen molar-refractivity contribution >= 4 is 22.4 Å². The normalized spacial score (nSPS) is 10.9. The van der Waals surface area contributed by atoms with Crippen molar-refractivity contribution in [1.29, 1.82) is 0 Å². The van der Waals surface area contributed by atoms with Gasteiger partial charge in [0.2, 0.25) is 0 Å². The SMILES string of the molecule is Cc1cc(C(=O)Nc2ncc(Cc3ccc(F)cc3F)s2)c(C)n1-c1ccccn1. The summed E-state index contributed by atoms with van der Waals surface area (Å²) in [5.74, 6) is -0.753. The quantitative estimate of drug-likeness (QED) is 0.487. The molecule has 0 fully saturated rings. The zero-order valence-corrected chi connectivity index (χ0v) is 17.1. The van der Waals surface area contributed by atoms with Gasteiger partial charge >= 0.3 is 0 Å². The number of anilines is 1. The van der Waals surface area contributed by atoms with Crippen molar-refractivity contribution in [2.75, 3.05) is 5.32 Å². The molecule has 152 valence electrons. The van der Waals surface area contributed by atoms with Crippen LogP contribution in [-0.4, -0.2) is 20.4 Å². The summed E-state index contributed by atoms with van der Waals surface area (Å²) < 4.78 is 28.8. The summed E-state index contributed by atoms with van der Waals surface area (Å²) in [6.45, 7) is 3.78. The lowest BCUT2D eigenvalue weighted by molar-refractivity contribution is 0.102. The second kappa shape index (κ2) is 8.16. The zero-order chi connectivity index (χ0) is 21.3. The fourth-order valence-corrected chi connectivity index (χ4v) is 4.13. The van der Waals surface area contributed by atoms with Crippen LogP contribution >= 0.6 is 11.3 Å². The summed E-state index contributed by atoms with van der Waals surface area (Å²) >= 11 is 1.25. The lowest BCUT2D eigenvalue weighted by atomic mass is 10.1. The Hall–Kier alpha value is -3.39. The number of nitrogens with zero attached hydrogens (tertiary/aromatic N) is 3. The predicted octanol–water partition coefficient (Wildman–Crippen LogP) is 5.07. The van der Waals surface area contributed by atoms with Crippen LogP contribution in [0.3, 0.4) is 0 Å². The highest BCUT2D eigenvalue weighted by Gasteiger charge is 2.18. The van der Waals surface area contributed by atoms with E-state index in [4.69, 9.17) is 0 Å². The number of aromatic nitrogens is 3. The number of benzene rings is 1. The molecule has 1 aromatic carbocycles. The molecule has 0 saturated heterocycles. The van der Waals surface area contributed by atoms with E-state index in [9.17, 15) is 13.6 Å². The minimum Gasteiger partial charge on any atom is -0.302 e. The number of hydrogen-bond donors (Lipinski definition) is 1. The number of pyridine rings is 1. The topological polar surface area (TPSA) is 59.8 Å². The Morgan fingerprint density at radius 1 is 1.13 bits per heavy atom. The van der Waals surface area contributed by atoms with Crippen LogP contribution in [0.1, 0.15) is 32.2 Å². The van der Waals surface area contributed by atoms with Gasteiger partial charge in [-0.1, -0.05) is 12.1 Å². The van der Waals surface area contributed by atoms with Gasteiger partial charge in [-0.3, -0.25) is 10.1 Å². The Labute approximate surface area is 176 Å². The van der Waals surface area contributed by atoms with Gasteiger partial charge in [-0.05, 0) is 43.7 Å². The summed E-state index contributed by atoms with van der Waals surface area (Å²) in [5.41, 5.74) is 2.56. The standard InChI is InChI=1S/C22H18F2N4OS/c1-13-9-18(14(2)28(13)20-5-3-4-8-25-20)21(29)27-22-26-12-17(30-22)10-15-6-7-16(23)11-19(15)24/h3-9,11-12H,10H2,1-2H3,(H,26,27,29). The number of rotatable bonds is 5. The second-order valence-corrected chi connectivity index (χ2v) is 7.92. The van der Waals surface area contributed by atoms with Crippen molar-refractivity contribution < 1.29 is 13.6 Å². The molecule has 0 saturated carbocycles. The molecule has 0 aliphatic heterocycles. The van der Waals surface area contributed by atoms with Crippen molar-refractivity contribution in [3.8, 4) is 5.82 Å². The molecule has 0 atom stereocenters. The molecule has 8 heteroatoms. The molecule has 1 N–H and O–H groups in total. The number of carbonyl (C=O) groups is 1. The average molecular weight is 424 g/mol. The van der Waals surface area contributed by atoms with Gasteiger partial charge in [0.15, 0.2) is 5.13 Å². The molecule has 4 rings (SSSR count). The molecular formula is C22H18F2N4OS. The largest absolute Gasteiger partial charge is 0.302 e. The maximum Gasteiger partial charge on any atom is 0.259 e. The highest BCUT2D eigenvalue weighted by atomic mass is 32.1. The van der Waals surface area contributed by atoms with Crippen LogP contribution in [0.4, 0.5) is 13.9 Å². The molecule has 3 aromatic heterocycles. The molecule has 4 aromatic rings. The van der Waals surface area contributed by atoms with E-state index in [-0.39, 0.29) is 12.3 Å². The third-order valence-electron chi connectivity index (χ3n) is 4.71. The van der Waals surface area contributed by atoms with E-state index in [0.29, 0.717) is 16.3 Å². The van der Waals surface area contributed by atoms with E-state index < -0.39 is 11.6 Å². The third-order valence-corrected chi connectivity index (χ3v) is 5.62. The highest BCUT2D eigenvalue weighted by Crippen LogP contribution is 2.25. The number of carbonyl (C=O) groups excluding carboxylic acids is 1. The van der Waals surface area contributed by atoms with E-state index in [1.807, 2.05) is 42.7 Å². The molecule has 0 aliphatic carbocycles. The van der Waals surface area contributed by atoms with E-state index >= 15 is 0 Å². The van der Waals surface area contributed by atoms with Crippen LogP contribution in [0, 0.1) is 25.5 Å². The monoisotopic (exact) mass is 424 g/mol. The Kier molecular flexibility index (Phi) is 5.41. The molecule has 3 heterocycles. The number of amides is 1. The van der Waals surface area contributed by atoms with Gasteiger partial charge in [-0.25, -0.2) is 18.7 Å². The molecule has 0 aliphatic rings. The number of aryl methyl sites for hydroxylation is 1. The van der Waals surface area contributed by atoms with Gasteiger partial charge in [0.05, 0.1) is 5.56 Å². The van der Waals surface area contributed by atoms with Crippen LogP contribution in [0.5, 0.6) is 0 Å². The van der Waals surface area contributed by atoms with Crippen molar-refractivity contribution in [3.05, 3.63) is 93.9 Å². The Bertz CT molecular complexity index is 1220. The van der Waals surface area contributed by atoms with Crippen LogP contribution in [0.15, 0.2) is 54.9 Å². The molecule has 1 amide bonds. The molecule has 0 unspecified atom stereocenters. The van der Waals surface area contributed by atoms with Crippen LogP contribution in [-0.2, 0) is 6.42 Å². The molecular weight excluding hydrogens is 406 g/mol. The van der Waals surface area contributed by atoms with Crippen LogP contribution in [0.25, 0.3) is 5.82 Å². The van der Waals surface area contributed by atoms with Crippen LogP contribution < -0.4 is 5.32 Å². The lowest BCUT2D eigenvalue weighted by Gasteiger charge is -2.08. The van der Waals surface area contributed by atoms with Gasteiger partial charge in [-0.15, -0.1) is 11.3 Å². The van der Waals surface area contributed by atoms with Crippen molar-refractivity contribution in [2.45, 2.75) is 20.3 Å². The minimum absolute atomic E-state index is 0.272. The molecule has 0 radical (unpaired) electrons.